The smallest absolute Gasteiger partial charge is 0.133 e. The predicted molar refractivity (Wildman–Crippen MR) is 81.3 cm³/mol. The Morgan fingerprint density at radius 2 is 2.00 bits per heavy atom. The van der Waals surface area contributed by atoms with E-state index in [4.69, 9.17) is 5.73 Å². The van der Waals surface area contributed by atoms with Crippen LogP contribution in [0.15, 0.2) is 18.3 Å². The lowest BCUT2D eigenvalue weighted by Crippen LogP contribution is -2.38. The Morgan fingerprint density at radius 1 is 1.37 bits per heavy atom. The first-order chi connectivity index (χ1) is 8.91. The Hall–Kier alpha value is -1.09. The Kier molecular flexibility index (Phi) is 4.14. The number of anilines is 1. The largest absolute Gasteiger partial charge is 0.356 e. The molecule has 3 nitrogen and oxygen atoms in total. The zero-order chi connectivity index (χ0) is 14.0. The van der Waals surface area contributed by atoms with Gasteiger partial charge < -0.3 is 10.6 Å². The van der Waals surface area contributed by atoms with Crippen molar-refractivity contribution in [3.05, 3.63) is 23.9 Å². The van der Waals surface area contributed by atoms with Gasteiger partial charge in [0.1, 0.15) is 5.82 Å². The van der Waals surface area contributed by atoms with E-state index < -0.39 is 0 Å². The van der Waals surface area contributed by atoms with E-state index in [9.17, 15) is 0 Å². The average Bonchev–Trinajstić information content (AvgIpc) is 2.38. The highest BCUT2D eigenvalue weighted by molar-refractivity contribution is 5.48. The number of aromatic nitrogens is 1. The normalized spacial score (nSPS) is 21.1. The number of rotatable bonds is 3. The minimum atomic E-state index is 0.0335. The van der Waals surface area contributed by atoms with Crippen LogP contribution in [0.3, 0.4) is 0 Å². The van der Waals surface area contributed by atoms with Gasteiger partial charge in [0.05, 0.1) is 0 Å². The summed E-state index contributed by atoms with van der Waals surface area (Å²) in [6, 6.07) is 4.70. The molecular formula is C16H27N3. The molecule has 1 heterocycles. The number of hydrogen-bond donors (Lipinski definition) is 1. The molecule has 1 aromatic heterocycles. The molecule has 3 heteroatoms. The predicted octanol–water partition coefficient (Wildman–Crippen LogP) is 3.51. The summed E-state index contributed by atoms with van der Waals surface area (Å²) in [6.45, 7) is 6.77. The van der Waals surface area contributed by atoms with Gasteiger partial charge in [0.25, 0.3) is 0 Å². The molecule has 0 spiro atoms. The van der Waals surface area contributed by atoms with Crippen molar-refractivity contribution < 1.29 is 0 Å². The first-order valence-electron chi connectivity index (χ1n) is 7.34. The van der Waals surface area contributed by atoms with E-state index >= 15 is 0 Å². The highest BCUT2D eigenvalue weighted by Crippen LogP contribution is 2.38. The summed E-state index contributed by atoms with van der Waals surface area (Å²) in [4.78, 5) is 6.90. The lowest BCUT2D eigenvalue weighted by atomic mass is 9.75. The van der Waals surface area contributed by atoms with Gasteiger partial charge >= 0.3 is 0 Å². The zero-order valence-corrected chi connectivity index (χ0v) is 12.7. The van der Waals surface area contributed by atoms with Crippen LogP contribution in [0.2, 0.25) is 0 Å². The van der Waals surface area contributed by atoms with Crippen molar-refractivity contribution >= 4 is 5.82 Å². The molecule has 1 aliphatic carbocycles. The molecule has 2 N–H and O–H groups in total. The third-order valence-electron chi connectivity index (χ3n) is 4.50. The van der Waals surface area contributed by atoms with Gasteiger partial charge in [-0.15, -0.1) is 0 Å². The average molecular weight is 261 g/mol. The van der Waals surface area contributed by atoms with Gasteiger partial charge in [0.2, 0.25) is 0 Å². The summed E-state index contributed by atoms with van der Waals surface area (Å²) in [5.41, 5.74) is 7.71. The Balaban J connectivity index is 2.14. The maximum Gasteiger partial charge on any atom is 0.133 e. The third kappa shape index (κ3) is 3.27. The molecule has 0 amide bonds. The molecule has 19 heavy (non-hydrogen) atoms. The van der Waals surface area contributed by atoms with E-state index in [1.54, 1.807) is 0 Å². The van der Waals surface area contributed by atoms with E-state index in [0.29, 0.717) is 11.5 Å². The van der Waals surface area contributed by atoms with Gasteiger partial charge in [0.15, 0.2) is 0 Å². The maximum absolute atomic E-state index is 6.06. The molecule has 0 unspecified atom stereocenters. The maximum atomic E-state index is 6.06. The van der Waals surface area contributed by atoms with Gasteiger partial charge in [-0.25, -0.2) is 4.98 Å². The minimum Gasteiger partial charge on any atom is -0.356 e. The number of nitrogens with zero attached hydrogens (tertiary/aromatic N) is 2. The van der Waals surface area contributed by atoms with Crippen molar-refractivity contribution in [1.29, 1.82) is 0 Å². The van der Waals surface area contributed by atoms with Crippen molar-refractivity contribution in [2.75, 3.05) is 11.9 Å². The number of nitrogens with two attached hydrogens (primary N) is 1. The summed E-state index contributed by atoms with van der Waals surface area (Å²) in [6.07, 6.45) is 6.95. The number of pyridine rings is 1. The molecule has 0 aromatic carbocycles. The van der Waals surface area contributed by atoms with Crippen LogP contribution in [-0.4, -0.2) is 18.1 Å². The molecule has 1 saturated carbocycles. The monoisotopic (exact) mass is 261 g/mol. The van der Waals surface area contributed by atoms with E-state index in [2.05, 4.69) is 36.8 Å². The van der Waals surface area contributed by atoms with E-state index in [1.807, 2.05) is 19.2 Å². The fourth-order valence-corrected chi connectivity index (χ4v) is 3.00. The first kappa shape index (κ1) is 14.3. The summed E-state index contributed by atoms with van der Waals surface area (Å²) < 4.78 is 0. The molecule has 2 rings (SSSR count). The lowest BCUT2D eigenvalue weighted by Gasteiger charge is -2.39. The molecule has 0 aliphatic heterocycles. The summed E-state index contributed by atoms with van der Waals surface area (Å²) in [5.74, 6) is 1.06. The third-order valence-corrected chi connectivity index (χ3v) is 4.50. The SMILES string of the molecule is C[C@@H](N)c1cccnc1N(C)C1CCC(C)(C)CC1. The zero-order valence-electron chi connectivity index (χ0n) is 12.7. The van der Waals surface area contributed by atoms with Crippen molar-refractivity contribution in [2.45, 2.75) is 58.5 Å². The second-order valence-electron chi connectivity index (χ2n) is 6.71. The second kappa shape index (κ2) is 5.49. The van der Waals surface area contributed by atoms with Gasteiger partial charge in [-0.2, -0.15) is 0 Å². The Morgan fingerprint density at radius 3 is 2.58 bits per heavy atom. The fourth-order valence-electron chi connectivity index (χ4n) is 3.00. The highest BCUT2D eigenvalue weighted by Gasteiger charge is 2.30. The molecule has 1 fully saturated rings. The highest BCUT2D eigenvalue weighted by atomic mass is 15.2. The fraction of sp³-hybridized carbons (Fsp3) is 0.688. The van der Waals surface area contributed by atoms with Crippen LogP contribution in [-0.2, 0) is 0 Å². The van der Waals surface area contributed by atoms with Gasteiger partial charge in [-0.05, 0) is 44.1 Å². The molecule has 1 aliphatic rings. The number of hydrogen-bond acceptors (Lipinski definition) is 3. The Labute approximate surface area is 117 Å². The summed E-state index contributed by atoms with van der Waals surface area (Å²) in [5, 5.41) is 0. The quantitative estimate of drug-likeness (QED) is 0.905. The molecule has 0 saturated heterocycles. The van der Waals surface area contributed by atoms with Crippen molar-refractivity contribution in [3.8, 4) is 0 Å². The van der Waals surface area contributed by atoms with Crippen LogP contribution in [0.5, 0.6) is 0 Å². The van der Waals surface area contributed by atoms with Crippen LogP contribution < -0.4 is 10.6 Å². The van der Waals surface area contributed by atoms with E-state index in [1.165, 1.54) is 25.7 Å². The van der Waals surface area contributed by atoms with Gasteiger partial charge in [0, 0.05) is 30.9 Å². The minimum absolute atomic E-state index is 0.0335. The van der Waals surface area contributed by atoms with Crippen LogP contribution >= 0.6 is 0 Å². The first-order valence-corrected chi connectivity index (χ1v) is 7.34. The molecule has 106 valence electrons. The molecule has 0 bridgehead atoms. The van der Waals surface area contributed by atoms with Crippen LogP contribution in [0, 0.1) is 5.41 Å². The molecule has 1 atom stereocenters. The van der Waals surface area contributed by atoms with Crippen LogP contribution in [0.4, 0.5) is 5.82 Å². The molecule has 1 aromatic rings. The van der Waals surface area contributed by atoms with Crippen molar-refractivity contribution in [2.24, 2.45) is 11.1 Å². The van der Waals surface area contributed by atoms with Crippen molar-refractivity contribution in [3.63, 3.8) is 0 Å². The summed E-state index contributed by atoms with van der Waals surface area (Å²) >= 11 is 0. The summed E-state index contributed by atoms with van der Waals surface area (Å²) in [7, 11) is 2.16. The van der Waals surface area contributed by atoms with E-state index in [-0.39, 0.29) is 6.04 Å². The standard InChI is InChI=1S/C16H27N3/c1-12(17)14-6-5-11-18-15(14)19(4)13-7-9-16(2,3)10-8-13/h5-6,11-13H,7-10,17H2,1-4H3/t12-/m1/s1. The van der Waals surface area contributed by atoms with Gasteiger partial charge in [-0.1, -0.05) is 19.9 Å². The van der Waals surface area contributed by atoms with Gasteiger partial charge in [-0.3, -0.25) is 0 Å². The van der Waals surface area contributed by atoms with Crippen LogP contribution in [0.1, 0.15) is 58.1 Å². The second-order valence-corrected chi connectivity index (χ2v) is 6.71. The molecule has 0 radical (unpaired) electrons. The molecular weight excluding hydrogens is 234 g/mol. The topological polar surface area (TPSA) is 42.1 Å². The Bertz CT molecular complexity index is 416. The van der Waals surface area contributed by atoms with E-state index in [0.717, 1.165) is 11.4 Å². The van der Waals surface area contributed by atoms with Crippen LogP contribution in [0.25, 0.3) is 0 Å². The lowest BCUT2D eigenvalue weighted by molar-refractivity contribution is 0.222. The van der Waals surface area contributed by atoms with Crippen molar-refractivity contribution in [1.82, 2.24) is 4.98 Å².